The van der Waals surface area contributed by atoms with Crippen LogP contribution in [0.2, 0.25) is 0 Å². The molecule has 1 aromatic rings. The summed E-state index contributed by atoms with van der Waals surface area (Å²) in [6.07, 6.45) is 4.67. The number of ether oxygens (including phenoxy) is 1. The molecule has 1 aromatic carbocycles. The first-order valence-electron chi connectivity index (χ1n) is 8.17. The summed E-state index contributed by atoms with van der Waals surface area (Å²) >= 11 is 0. The number of likely N-dealkylation sites (tertiary alicyclic amines) is 1. The fourth-order valence-corrected chi connectivity index (χ4v) is 3.11. The number of anilines is 1. The topological polar surface area (TPSA) is 92.8 Å². The van der Waals surface area contributed by atoms with Gasteiger partial charge in [0.05, 0.1) is 11.8 Å². The van der Waals surface area contributed by atoms with E-state index in [0.717, 1.165) is 11.0 Å². The monoisotopic (exact) mass is 360 g/mol. The second-order valence-electron chi connectivity index (χ2n) is 6.14. The third-order valence-corrected chi connectivity index (χ3v) is 4.36. The zero-order valence-corrected chi connectivity index (χ0v) is 13.8. The molecule has 7 nitrogen and oxygen atoms in total. The second-order valence-corrected chi connectivity index (χ2v) is 6.14. The summed E-state index contributed by atoms with van der Waals surface area (Å²) in [7, 11) is 0. The summed E-state index contributed by atoms with van der Waals surface area (Å²) in [6, 6.07) is 5.26. The summed E-state index contributed by atoms with van der Waals surface area (Å²) in [5.74, 6) is -3.63. The van der Waals surface area contributed by atoms with E-state index in [2.05, 4.69) is 5.32 Å². The van der Waals surface area contributed by atoms with E-state index in [4.69, 9.17) is 4.74 Å². The highest BCUT2D eigenvalue weighted by Crippen LogP contribution is 2.34. The van der Waals surface area contributed by atoms with Gasteiger partial charge in [0, 0.05) is 5.69 Å². The van der Waals surface area contributed by atoms with Crippen LogP contribution in [0.15, 0.2) is 36.4 Å². The molecule has 1 saturated heterocycles. The van der Waals surface area contributed by atoms with E-state index >= 15 is 0 Å². The van der Waals surface area contributed by atoms with E-state index in [9.17, 15) is 23.6 Å². The number of esters is 1. The number of nitrogens with zero attached hydrogens (tertiary/aromatic N) is 1. The minimum atomic E-state index is -0.854. The van der Waals surface area contributed by atoms with Gasteiger partial charge in [0.25, 0.3) is 5.91 Å². The van der Waals surface area contributed by atoms with Gasteiger partial charge in [-0.15, -0.1) is 0 Å². The first kappa shape index (κ1) is 17.8. The van der Waals surface area contributed by atoms with Crippen LogP contribution in [0.5, 0.6) is 0 Å². The first-order chi connectivity index (χ1) is 12.5. The zero-order chi connectivity index (χ0) is 18.7. The van der Waals surface area contributed by atoms with Crippen LogP contribution in [0.25, 0.3) is 0 Å². The van der Waals surface area contributed by atoms with Crippen LogP contribution in [0, 0.1) is 17.7 Å². The van der Waals surface area contributed by atoms with Crippen molar-refractivity contribution in [2.24, 2.45) is 11.8 Å². The van der Waals surface area contributed by atoms with Crippen LogP contribution < -0.4 is 5.32 Å². The Kier molecular flexibility index (Phi) is 5.11. The second kappa shape index (κ2) is 7.47. The molecule has 136 valence electrons. The lowest BCUT2D eigenvalue weighted by molar-refractivity contribution is -0.154. The van der Waals surface area contributed by atoms with E-state index in [1.807, 2.05) is 12.2 Å². The molecule has 0 saturated carbocycles. The Morgan fingerprint density at radius 3 is 2.42 bits per heavy atom. The van der Waals surface area contributed by atoms with Crippen molar-refractivity contribution < 1.29 is 28.3 Å². The van der Waals surface area contributed by atoms with Crippen LogP contribution in [0.4, 0.5) is 10.1 Å². The normalized spacial score (nSPS) is 21.5. The SMILES string of the molecule is O=C(COC(=O)CN1C(=O)[C@H]2CC=CC[C@H]2C1=O)Nc1cccc(F)c1. The Hall–Kier alpha value is -3.03. The summed E-state index contributed by atoms with van der Waals surface area (Å²) in [6.45, 7) is -1.11. The molecule has 1 fully saturated rings. The number of allylic oxidation sites excluding steroid dienone is 2. The molecule has 3 rings (SSSR count). The lowest BCUT2D eigenvalue weighted by atomic mass is 9.85. The fraction of sp³-hybridized carbons (Fsp3) is 0.333. The molecule has 0 radical (unpaired) electrons. The van der Waals surface area contributed by atoms with E-state index < -0.39 is 42.7 Å². The number of fused-ring (bicyclic) bond motifs is 1. The fourth-order valence-electron chi connectivity index (χ4n) is 3.11. The van der Waals surface area contributed by atoms with Gasteiger partial charge in [0.2, 0.25) is 11.8 Å². The zero-order valence-electron chi connectivity index (χ0n) is 13.8. The average Bonchev–Trinajstić information content (AvgIpc) is 2.85. The van der Waals surface area contributed by atoms with Gasteiger partial charge in [-0.25, -0.2) is 4.39 Å². The number of rotatable bonds is 5. The molecule has 26 heavy (non-hydrogen) atoms. The van der Waals surface area contributed by atoms with Crippen LogP contribution in [-0.2, 0) is 23.9 Å². The molecule has 8 heteroatoms. The van der Waals surface area contributed by atoms with Crippen molar-refractivity contribution in [1.82, 2.24) is 4.90 Å². The van der Waals surface area contributed by atoms with Crippen molar-refractivity contribution in [3.8, 4) is 0 Å². The molecule has 0 spiro atoms. The third-order valence-electron chi connectivity index (χ3n) is 4.36. The highest BCUT2D eigenvalue weighted by molar-refractivity contribution is 6.07. The maximum atomic E-state index is 13.0. The number of hydrogen-bond donors (Lipinski definition) is 1. The smallest absolute Gasteiger partial charge is 0.326 e. The predicted molar refractivity (Wildman–Crippen MR) is 88.1 cm³/mol. The van der Waals surface area contributed by atoms with E-state index in [-0.39, 0.29) is 17.5 Å². The van der Waals surface area contributed by atoms with Crippen LogP contribution >= 0.6 is 0 Å². The molecule has 3 amide bonds. The van der Waals surface area contributed by atoms with Crippen molar-refractivity contribution in [3.63, 3.8) is 0 Å². The van der Waals surface area contributed by atoms with Crippen molar-refractivity contribution >= 4 is 29.4 Å². The highest BCUT2D eigenvalue weighted by atomic mass is 19.1. The predicted octanol–water partition coefficient (Wildman–Crippen LogP) is 1.26. The number of imide groups is 1. The van der Waals surface area contributed by atoms with Gasteiger partial charge in [-0.05, 0) is 31.0 Å². The molecular weight excluding hydrogens is 343 g/mol. The van der Waals surface area contributed by atoms with Gasteiger partial charge < -0.3 is 10.1 Å². The average molecular weight is 360 g/mol. The summed E-state index contributed by atoms with van der Waals surface area (Å²) < 4.78 is 17.9. The van der Waals surface area contributed by atoms with Crippen molar-refractivity contribution in [2.75, 3.05) is 18.5 Å². The van der Waals surface area contributed by atoms with Gasteiger partial charge in [-0.1, -0.05) is 18.2 Å². The number of amides is 3. The van der Waals surface area contributed by atoms with Crippen molar-refractivity contribution in [2.45, 2.75) is 12.8 Å². The minimum absolute atomic E-state index is 0.229. The van der Waals surface area contributed by atoms with E-state index in [1.165, 1.54) is 18.2 Å². The summed E-state index contributed by atoms with van der Waals surface area (Å²) in [5, 5.41) is 2.38. The number of hydrogen-bond acceptors (Lipinski definition) is 5. The third kappa shape index (κ3) is 3.79. The van der Waals surface area contributed by atoms with Gasteiger partial charge in [0.15, 0.2) is 6.61 Å². The quantitative estimate of drug-likeness (QED) is 0.485. The number of benzene rings is 1. The molecule has 0 aromatic heterocycles. The Bertz CT molecular complexity index is 766. The molecular formula is C18H17FN2O5. The van der Waals surface area contributed by atoms with Crippen LogP contribution in [0.3, 0.4) is 0 Å². The van der Waals surface area contributed by atoms with Crippen molar-refractivity contribution in [1.29, 1.82) is 0 Å². The minimum Gasteiger partial charge on any atom is -0.454 e. The number of carbonyl (C=O) groups is 4. The first-order valence-corrected chi connectivity index (χ1v) is 8.17. The Labute approximate surface area is 148 Å². The van der Waals surface area contributed by atoms with Gasteiger partial charge in [-0.3, -0.25) is 24.1 Å². The van der Waals surface area contributed by atoms with E-state index in [1.54, 1.807) is 0 Å². The van der Waals surface area contributed by atoms with Gasteiger partial charge >= 0.3 is 5.97 Å². The van der Waals surface area contributed by atoms with E-state index in [0.29, 0.717) is 12.8 Å². The standard InChI is InChI=1S/C18H17FN2O5/c19-11-4-3-5-12(8-11)20-15(22)10-26-16(23)9-21-17(24)13-6-1-2-7-14(13)18(21)25/h1-5,8,13-14H,6-7,9-10H2,(H,20,22)/t13-,14+. The van der Waals surface area contributed by atoms with Gasteiger partial charge in [0.1, 0.15) is 12.4 Å². The summed E-state index contributed by atoms with van der Waals surface area (Å²) in [4.78, 5) is 49.0. The molecule has 0 bridgehead atoms. The molecule has 2 atom stereocenters. The van der Waals surface area contributed by atoms with Crippen LogP contribution in [-0.4, -0.2) is 41.7 Å². The Morgan fingerprint density at radius 2 is 1.81 bits per heavy atom. The number of carbonyl (C=O) groups excluding carboxylic acids is 4. The largest absolute Gasteiger partial charge is 0.454 e. The summed E-state index contributed by atoms with van der Waals surface area (Å²) in [5.41, 5.74) is 0.229. The Balaban J connectivity index is 1.49. The van der Waals surface area contributed by atoms with Crippen molar-refractivity contribution in [3.05, 3.63) is 42.2 Å². The highest BCUT2D eigenvalue weighted by Gasteiger charge is 2.47. The maximum Gasteiger partial charge on any atom is 0.326 e. The van der Waals surface area contributed by atoms with Crippen LogP contribution in [0.1, 0.15) is 12.8 Å². The molecule has 1 aliphatic heterocycles. The lowest BCUT2D eigenvalue weighted by Gasteiger charge is -2.14. The molecule has 1 heterocycles. The molecule has 0 unspecified atom stereocenters. The van der Waals surface area contributed by atoms with Gasteiger partial charge in [-0.2, -0.15) is 0 Å². The molecule has 2 aliphatic rings. The Morgan fingerprint density at radius 1 is 1.15 bits per heavy atom. The number of nitrogens with one attached hydrogen (secondary N) is 1. The molecule has 1 N–H and O–H groups in total. The maximum absolute atomic E-state index is 13.0. The lowest BCUT2D eigenvalue weighted by Crippen LogP contribution is -2.37. The molecule has 1 aliphatic carbocycles. The number of halogens is 1.